The third-order valence-electron chi connectivity index (χ3n) is 3.67. The van der Waals surface area contributed by atoms with Gasteiger partial charge in [0.05, 0.1) is 13.0 Å². The van der Waals surface area contributed by atoms with Crippen molar-refractivity contribution in [3.8, 4) is 0 Å². The molecule has 2 rings (SSSR count). The molecule has 2 nitrogen and oxygen atoms in total. The van der Waals surface area contributed by atoms with E-state index in [2.05, 4.69) is 24.3 Å². The average Bonchev–Trinajstić information content (AvgIpc) is 2.46. The molecule has 0 spiro atoms. The monoisotopic (exact) mass is 244 g/mol. The van der Waals surface area contributed by atoms with E-state index < -0.39 is 0 Å². The topological polar surface area (TPSA) is 26.3 Å². The molecule has 0 radical (unpaired) electrons. The molecule has 2 heteroatoms. The maximum Gasteiger partial charge on any atom is 0.308 e. The fourth-order valence-electron chi connectivity index (χ4n) is 2.53. The molecule has 0 unspecified atom stereocenters. The minimum Gasteiger partial charge on any atom is -0.469 e. The van der Waals surface area contributed by atoms with E-state index in [1.165, 1.54) is 12.7 Å². The van der Waals surface area contributed by atoms with E-state index in [0.717, 1.165) is 25.7 Å². The van der Waals surface area contributed by atoms with Crippen LogP contribution in [0.25, 0.3) is 6.08 Å². The zero-order valence-corrected chi connectivity index (χ0v) is 10.8. The summed E-state index contributed by atoms with van der Waals surface area (Å²) in [5, 5.41) is 0. The van der Waals surface area contributed by atoms with Crippen molar-refractivity contribution < 1.29 is 9.53 Å². The van der Waals surface area contributed by atoms with Crippen molar-refractivity contribution in [1.29, 1.82) is 0 Å². The lowest BCUT2D eigenvalue weighted by Gasteiger charge is -2.24. The van der Waals surface area contributed by atoms with E-state index in [1.807, 2.05) is 18.2 Å². The first kappa shape index (κ1) is 12.9. The fourth-order valence-corrected chi connectivity index (χ4v) is 2.53. The summed E-state index contributed by atoms with van der Waals surface area (Å²) in [6.45, 7) is 0. The lowest BCUT2D eigenvalue weighted by molar-refractivity contribution is -0.146. The Morgan fingerprint density at radius 1 is 1.17 bits per heavy atom. The van der Waals surface area contributed by atoms with Crippen molar-refractivity contribution in [2.24, 2.45) is 11.8 Å². The SMILES string of the molecule is COC(=O)C1CCC(/C=C\c2ccccc2)CC1. The van der Waals surface area contributed by atoms with Gasteiger partial charge in [-0.1, -0.05) is 42.5 Å². The highest BCUT2D eigenvalue weighted by Gasteiger charge is 2.25. The van der Waals surface area contributed by atoms with Gasteiger partial charge in [0.2, 0.25) is 0 Å². The summed E-state index contributed by atoms with van der Waals surface area (Å²) in [6, 6.07) is 10.3. The smallest absolute Gasteiger partial charge is 0.308 e. The number of rotatable bonds is 3. The van der Waals surface area contributed by atoms with Crippen LogP contribution >= 0.6 is 0 Å². The molecule has 1 aliphatic rings. The Hall–Kier alpha value is -1.57. The van der Waals surface area contributed by atoms with Gasteiger partial charge < -0.3 is 4.74 Å². The Bertz CT molecular complexity index is 400. The van der Waals surface area contributed by atoms with Crippen molar-refractivity contribution in [3.63, 3.8) is 0 Å². The number of carbonyl (C=O) groups excluding carboxylic acids is 1. The third kappa shape index (κ3) is 3.46. The second-order valence-corrected chi connectivity index (χ2v) is 4.90. The maximum atomic E-state index is 11.4. The van der Waals surface area contributed by atoms with Crippen molar-refractivity contribution in [2.75, 3.05) is 7.11 Å². The van der Waals surface area contributed by atoms with Gasteiger partial charge in [0.1, 0.15) is 0 Å². The molecule has 0 atom stereocenters. The van der Waals surface area contributed by atoms with Gasteiger partial charge in [0.25, 0.3) is 0 Å². The predicted molar refractivity (Wildman–Crippen MR) is 72.9 cm³/mol. The van der Waals surface area contributed by atoms with Crippen LogP contribution in [-0.4, -0.2) is 13.1 Å². The second-order valence-electron chi connectivity index (χ2n) is 4.90. The molecule has 0 aromatic heterocycles. The molecule has 0 amide bonds. The Kier molecular flexibility index (Phi) is 4.57. The molecule has 1 fully saturated rings. The highest BCUT2D eigenvalue weighted by atomic mass is 16.5. The number of allylic oxidation sites excluding steroid dienone is 1. The summed E-state index contributed by atoms with van der Waals surface area (Å²) in [5.41, 5.74) is 1.24. The molecule has 1 aromatic carbocycles. The highest BCUT2D eigenvalue weighted by molar-refractivity contribution is 5.72. The van der Waals surface area contributed by atoms with E-state index in [1.54, 1.807) is 0 Å². The lowest BCUT2D eigenvalue weighted by atomic mass is 9.82. The van der Waals surface area contributed by atoms with Crippen LogP contribution in [0.1, 0.15) is 31.2 Å². The van der Waals surface area contributed by atoms with Gasteiger partial charge in [-0.2, -0.15) is 0 Å². The van der Waals surface area contributed by atoms with Crippen LogP contribution in [0.2, 0.25) is 0 Å². The summed E-state index contributed by atoms with van der Waals surface area (Å²) in [5.74, 6) is 0.683. The zero-order chi connectivity index (χ0) is 12.8. The van der Waals surface area contributed by atoms with Crippen molar-refractivity contribution in [3.05, 3.63) is 42.0 Å². The van der Waals surface area contributed by atoms with Gasteiger partial charge in [-0.05, 0) is 37.2 Å². The first-order valence-electron chi connectivity index (χ1n) is 6.60. The standard InChI is InChI=1S/C16H20O2/c1-18-16(17)15-11-9-14(10-12-15)8-7-13-5-3-2-4-6-13/h2-8,14-15H,9-12H2,1H3/b8-7-. The number of benzene rings is 1. The number of carbonyl (C=O) groups is 1. The van der Waals surface area contributed by atoms with Gasteiger partial charge in [-0.15, -0.1) is 0 Å². The van der Waals surface area contributed by atoms with Gasteiger partial charge in [-0.3, -0.25) is 4.79 Å². The van der Waals surface area contributed by atoms with Gasteiger partial charge in [-0.25, -0.2) is 0 Å². The molecule has 0 heterocycles. The van der Waals surface area contributed by atoms with Crippen LogP contribution < -0.4 is 0 Å². The molecular formula is C16H20O2. The van der Waals surface area contributed by atoms with Crippen molar-refractivity contribution in [2.45, 2.75) is 25.7 Å². The molecule has 96 valence electrons. The number of hydrogen-bond acceptors (Lipinski definition) is 2. The van der Waals surface area contributed by atoms with Crippen LogP contribution in [0, 0.1) is 11.8 Å². The molecule has 0 N–H and O–H groups in total. The lowest BCUT2D eigenvalue weighted by Crippen LogP contribution is -2.22. The molecule has 0 aliphatic heterocycles. The first-order chi connectivity index (χ1) is 8.79. The Labute approximate surface area is 109 Å². The molecule has 1 saturated carbocycles. The van der Waals surface area contributed by atoms with Crippen LogP contribution in [0.3, 0.4) is 0 Å². The quantitative estimate of drug-likeness (QED) is 0.758. The largest absolute Gasteiger partial charge is 0.469 e. The zero-order valence-electron chi connectivity index (χ0n) is 10.8. The minimum absolute atomic E-state index is 0.0412. The maximum absolute atomic E-state index is 11.4. The number of methoxy groups -OCH3 is 1. The predicted octanol–water partition coefficient (Wildman–Crippen LogP) is 3.68. The van der Waals surface area contributed by atoms with Gasteiger partial charge in [0.15, 0.2) is 0 Å². The molecule has 1 aliphatic carbocycles. The number of hydrogen-bond donors (Lipinski definition) is 0. The van der Waals surface area contributed by atoms with Gasteiger partial charge >= 0.3 is 5.97 Å². The Morgan fingerprint density at radius 3 is 2.44 bits per heavy atom. The minimum atomic E-state index is -0.0412. The van der Waals surface area contributed by atoms with Crippen LogP contribution in [0.5, 0.6) is 0 Å². The summed E-state index contributed by atoms with van der Waals surface area (Å²) in [4.78, 5) is 11.4. The molecule has 0 saturated heterocycles. The van der Waals surface area contributed by atoms with Crippen molar-refractivity contribution in [1.82, 2.24) is 0 Å². The molecular weight excluding hydrogens is 224 g/mol. The third-order valence-corrected chi connectivity index (χ3v) is 3.67. The van der Waals surface area contributed by atoms with E-state index >= 15 is 0 Å². The van der Waals surface area contributed by atoms with E-state index in [9.17, 15) is 4.79 Å². The van der Waals surface area contributed by atoms with Gasteiger partial charge in [0, 0.05) is 0 Å². The molecule has 18 heavy (non-hydrogen) atoms. The Balaban J connectivity index is 1.84. The van der Waals surface area contributed by atoms with E-state index in [4.69, 9.17) is 4.74 Å². The Morgan fingerprint density at radius 2 is 1.83 bits per heavy atom. The van der Waals surface area contributed by atoms with Crippen LogP contribution in [-0.2, 0) is 9.53 Å². The summed E-state index contributed by atoms with van der Waals surface area (Å²) in [6.07, 6.45) is 8.55. The van der Waals surface area contributed by atoms with E-state index in [0.29, 0.717) is 5.92 Å². The normalized spacial score (nSPS) is 24.1. The number of esters is 1. The molecule has 1 aromatic rings. The van der Waals surface area contributed by atoms with Crippen LogP contribution in [0.4, 0.5) is 0 Å². The second kappa shape index (κ2) is 6.39. The fraction of sp³-hybridized carbons (Fsp3) is 0.438. The highest BCUT2D eigenvalue weighted by Crippen LogP contribution is 2.30. The first-order valence-corrected chi connectivity index (χ1v) is 6.60. The summed E-state index contributed by atoms with van der Waals surface area (Å²) < 4.78 is 4.80. The van der Waals surface area contributed by atoms with E-state index in [-0.39, 0.29) is 11.9 Å². The van der Waals surface area contributed by atoms with Crippen molar-refractivity contribution >= 4 is 12.0 Å². The summed E-state index contributed by atoms with van der Waals surface area (Å²) in [7, 11) is 1.48. The molecule has 0 bridgehead atoms. The number of ether oxygens (including phenoxy) is 1. The van der Waals surface area contributed by atoms with Crippen LogP contribution in [0.15, 0.2) is 36.4 Å². The average molecular weight is 244 g/mol. The summed E-state index contributed by atoms with van der Waals surface area (Å²) >= 11 is 0.